The highest BCUT2D eigenvalue weighted by Gasteiger charge is 2.19. The van der Waals surface area contributed by atoms with E-state index in [2.05, 4.69) is 4.98 Å². The van der Waals surface area contributed by atoms with Gasteiger partial charge >= 0.3 is 0 Å². The number of nitrogens with one attached hydrogen (secondary N) is 1. The topological polar surface area (TPSA) is 88.4 Å². The van der Waals surface area contributed by atoms with Crippen LogP contribution in [0, 0.1) is 12.3 Å². The zero-order chi connectivity index (χ0) is 10.8. The highest BCUT2D eigenvalue weighted by atomic mass is 16.5. The van der Waals surface area contributed by atoms with E-state index < -0.39 is 0 Å². The van der Waals surface area contributed by atoms with Crippen molar-refractivity contribution in [1.29, 1.82) is 5.41 Å². The average molecular weight is 210 g/mol. The number of nitrogens with zero attached hydrogens (tertiary/aromatic N) is 2. The largest absolute Gasteiger partial charge is 0.420 e. The van der Waals surface area contributed by atoms with Gasteiger partial charge in [-0.15, -0.1) is 0 Å². The van der Waals surface area contributed by atoms with Crippen LogP contribution in [0.1, 0.15) is 11.5 Å². The maximum atomic E-state index is 7.30. The first-order valence-electron chi connectivity index (χ1n) is 4.83. The molecule has 1 aliphatic heterocycles. The first kappa shape index (κ1) is 9.97. The number of hydrogen-bond donors (Lipinski definition) is 2. The van der Waals surface area contributed by atoms with Crippen LogP contribution in [0.5, 0.6) is 0 Å². The molecule has 0 amide bonds. The van der Waals surface area contributed by atoms with Crippen molar-refractivity contribution in [2.45, 2.75) is 6.92 Å². The fraction of sp³-hybridized carbons (Fsp3) is 0.556. The fourth-order valence-electron chi connectivity index (χ4n) is 1.52. The van der Waals surface area contributed by atoms with Crippen LogP contribution in [0.2, 0.25) is 0 Å². The van der Waals surface area contributed by atoms with Crippen molar-refractivity contribution >= 4 is 11.9 Å². The smallest absolute Gasteiger partial charge is 0.298 e. The van der Waals surface area contributed by atoms with Crippen LogP contribution in [-0.2, 0) is 4.74 Å². The Morgan fingerprint density at radius 1 is 1.47 bits per heavy atom. The monoisotopic (exact) mass is 210 g/mol. The molecule has 0 aliphatic carbocycles. The van der Waals surface area contributed by atoms with Crippen molar-refractivity contribution in [1.82, 2.24) is 4.98 Å². The lowest BCUT2D eigenvalue weighted by Gasteiger charge is -2.24. The molecular weight excluding hydrogens is 196 g/mol. The quantitative estimate of drug-likeness (QED) is 0.534. The Labute approximate surface area is 87.5 Å². The Morgan fingerprint density at radius 2 is 2.13 bits per heavy atom. The molecule has 0 spiro atoms. The molecule has 0 saturated carbocycles. The fourth-order valence-corrected chi connectivity index (χ4v) is 1.52. The minimum Gasteiger partial charge on any atom is -0.420 e. The molecule has 82 valence electrons. The van der Waals surface area contributed by atoms with Crippen molar-refractivity contribution < 1.29 is 9.15 Å². The van der Waals surface area contributed by atoms with E-state index in [0.29, 0.717) is 30.7 Å². The molecule has 1 fully saturated rings. The van der Waals surface area contributed by atoms with Gasteiger partial charge in [0.1, 0.15) is 0 Å². The zero-order valence-corrected chi connectivity index (χ0v) is 8.62. The summed E-state index contributed by atoms with van der Waals surface area (Å²) >= 11 is 0. The Kier molecular flexibility index (Phi) is 2.59. The molecule has 3 N–H and O–H groups in total. The number of ether oxygens (including phenoxy) is 1. The maximum absolute atomic E-state index is 7.30. The van der Waals surface area contributed by atoms with Gasteiger partial charge in [-0.25, -0.2) is 0 Å². The summed E-state index contributed by atoms with van der Waals surface area (Å²) in [6.45, 7) is 4.66. The van der Waals surface area contributed by atoms with Crippen LogP contribution in [-0.4, -0.2) is 37.1 Å². The number of hydrogen-bond acceptors (Lipinski definition) is 5. The molecule has 1 aromatic rings. The van der Waals surface area contributed by atoms with Crippen molar-refractivity contribution in [2.75, 3.05) is 31.2 Å². The van der Waals surface area contributed by atoms with Gasteiger partial charge < -0.3 is 19.8 Å². The second-order valence-electron chi connectivity index (χ2n) is 3.42. The summed E-state index contributed by atoms with van der Waals surface area (Å²) in [4.78, 5) is 6.23. The van der Waals surface area contributed by atoms with Gasteiger partial charge in [0.15, 0.2) is 11.6 Å². The summed E-state index contributed by atoms with van der Waals surface area (Å²) < 4.78 is 10.7. The molecule has 1 saturated heterocycles. The minimum atomic E-state index is -0.0838. The summed E-state index contributed by atoms with van der Waals surface area (Å²) in [7, 11) is 0. The van der Waals surface area contributed by atoms with E-state index in [1.165, 1.54) is 0 Å². The van der Waals surface area contributed by atoms with E-state index in [1.807, 2.05) is 4.90 Å². The van der Waals surface area contributed by atoms with E-state index in [4.69, 9.17) is 20.3 Å². The SMILES string of the molecule is Cc1nc(N2CCOCC2)oc1C(=N)N. The number of aryl methyl sites for hydroxylation is 1. The van der Waals surface area contributed by atoms with E-state index in [9.17, 15) is 0 Å². The molecule has 0 bridgehead atoms. The normalized spacial score (nSPS) is 16.7. The van der Waals surface area contributed by atoms with Gasteiger partial charge in [-0.05, 0) is 6.92 Å². The van der Waals surface area contributed by atoms with E-state index in [-0.39, 0.29) is 5.84 Å². The molecule has 1 aromatic heterocycles. The van der Waals surface area contributed by atoms with Crippen LogP contribution >= 0.6 is 0 Å². The second kappa shape index (κ2) is 3.90. The lowest BCUT2D eigenvalue weighted by molar-refractivity contribution is 0.120. The van der Waals surface area contributed by atoms with E-state index >= 15 is 0 Å². The molecule has 2 rings (SSSR count). The van der Waals surface area contributed by atoms with E-state index in [1.54, 1.807) is 6.92 Å². The van der Waals surface area contributed by atoms with Crippen LogP contribution in [0.15, 0.2) is 4.42 Å². The highest BCUT2D eigenvalue weighted by molar-refractivity contribution is 5.93. The number of morpholine rings is 1. The summed E-state index contributed by atoms with van der Waals surface area (Å²) in [6.07, 6.45) is 0. The third kappa shape index (κ3) is 1.94. The second-order valence-corrected chi connectivity index (χ2v) is 3.42. The highest BCUT2D eigenvalue weighted by Crippen LogP contribution is 2.18. The molecule has 6 heteroatoms. The molecular formula is C9H14N4O2. The molecule has 2 heterocycles. The predicted octanol–water partition coefficient (Wildman–Crippen LogP) is 0.104. The van der Waals surface area contributed by atoms with Crippen molar-refractivity contribution in [3.8, 4) is 0 Å². The first-order chi connectivity index (χ1) is 7.18. The first-order valence-corrected chi connectivity index (χ1v) is 4.83. The van der Waals surface area contributed by atoms with Gasteiger partial charge in [0.2, 0.25) is 0 Å². The van der Waals surface area contributed by atoms with Gasteiger partial charge in [0, 0.05) is 13.1 Å². The van der Waals surface area contributed by atoms with Crippen LogP contribution < -0.4 is 10.6 Å². The molecule has 0 radical (unpaired) electrons. The average Bonchev–Trinajstić information content (AvgIpc) is 2.62. The summed E-state index contributed by atoms with van der Waals surface area (Å²) in [5.41, 5.74) is 6.02. The lowest BCUT2D eigenvalue weighted by Crippen LogP contribution is -2.36. The van der Waals surface area contributed by atoms with Crippen LogP contribution in [0.4, 0.5) is 6.01 Å². The van der Waals surface area contributed by atoms with Gasteiger partial charge in [-0.2, -0.15) is 4.98 Å². The standard InChI is InChI=1S/C9H14N4O2/c1-6-7(8(10)11)15-9(12-6)13-2-4-14-5-3-13/h2-5H2,1H3,(H3,10,11). The number of aromatic nitrogens is 1. The minimum absolute atomic E-state index is 0.0838. The Balaban J connectivity index is 2.21. The number of amidine groups is 1. The third-order valence-electron chi connectivity index (χ3n) is 2.31. The molecule has 15 heavy (non-hydrogen) atoms. The number of anilines is 1. The number of nitrogens with two attached hydrogens (primary N) is 1. The summed E-state index contributed by atoms with van der Waals surface area (Å²) in [5, 5.41) is 7.30. The third-order valence-corrected chi connectivity index (χ3v) is 2.31. The van der Waals surface area contributed by atoms with Gasteiger partial charge in [-0.3, -0.25) is 5.41 Å². The number of nitrogen functional groups attached to an aromatic ring is 1. The summed E-state index contributed by atoms with van der Waals surface area (Å²) in [5.74, 6) is 0.274. The molecule has 6 nitrogen and oxygen atoms in total. The number of rotatable bonds is 2. The molecule has 0 aromatic carbocycles. The maximum Gasteiger partial charge on any atom is 0.298 e. The predicted molar refractivity (Wildman–Crippen MR) is 55.3 cm³/mol. The van der Waals surface area contributed by atoms with Gasteiger partial charge in [0.25, 0.3) is 6.01 Å². The molecule has 0 atom stereocenters. The Hall–Kier alpha value is -1.56. The van der Waals surface area contributed by atoms with Crippen molar-refractivity contribution in [3.63, 3.8) is 0 Å². The number of oxazole rings is 1. The van der Waals surface area contributed by atoms with E-state index in [0.717, 1.165) is 13.1 Å². The Bertz CT molecular complexity index is 368. The van der Waals surface area contributed by atoms with Crippen LogP contribution in [0.25, 0.3) is 0 Å². The summed E-state index contributed by atoms with van der Waals surface area (Å²) in [6, 6.07) is 0.529. The lowest BCUT2D eigenvalue weighted by atomic mass is 10.3. The van der Waals surface area contributed by atoms with Crippen molar-refractivity contribution in [3.05, 3.63) is 11.5 Å². The van der Waals surface area contributed by atoms with Crippen LogP contribution in [0.3, 0.4) is 0 Å². The zero-order valence-electron chi connectivity index (χ0n) is 8.62. The Morgan fingerprint density at radius 3 is 2.67 bits per heavy atom. The van der Waals surface area contributed by atoms with Crippen molar-refractivity contribution in [2.24, 2.45) is 5.73 Å². The van der Waals surface area contributed by atoms with Gasteiger partial charge in [-0.1, -0.05) is 0 Å². The van der Waals surface area contributed by atoms with Gasteiger partial charge in [0.05, 0.1) is 18.9 Å². The molecule has 1 aliphatic rings. The molecule has 0 unspecified atom stereocenters.